The molecule has 126 valence electrons. The highest BCUT2D eigenvalue weighted by Crippen LogP contribution is 2.33. The van der Waals surface area contributed by atoms with E-state index in [2.05, 4.69) is 19.2 Å². The number of hydrogen-bond donors (Lipinski definition) is 1. The summed E-state index contributed by atoms with van der Waals surface area (Å²) < 4.78 is 5.68. The van der Waals surface area contributed by atoms with Gasteiger partial charge in [0.15, 0.2) is 0 Å². The van der Waals surface area contributed by atoms with Crippen LogP contribution in [-0.4, -0.2) is 12.5 Å². The van der Waals surface area contributed by atoms with E-state index in [-0.39, 0.29) is 23.8 Å². The predicted octanol–water partition coefficient (Wildman–Crippen LogP) is 4.72. The zero-order valence-electron chi connectivity index (χ0n) is 14.0. The number of hydrogen-bond acceptors (Lipinski definition) is 2. The van der Waals surface area contributed by atoms with Crippen molar-refractivity contribution in [1.29, 1.82) is 0 Å². The molecule has 0 bridgehead atoms. The van der Waals surface area contributed by atoms with Gasteiger partial charge in [-0.3, -0.25) is 4.79 Å². The summed E-state index contributed by atoms with van der Waals surface area (Å²) in [6, 6.07) is 15.4. The summed E-state index contributed by atoms with van der Waals surface area (Å²) in [6.07, 6.45) is 0.786. The van der Waals surface area contributed by atoms with Crippen LogP contribution in [0, 0.1) is 5.92 Å². The van der Waals surface area contributed by atoms with Crippen molar-refractivity contribution in [3.05, 3.63) is 64.7 Å². The Morgan fingerprint density at radius 1 is 1.17 bits per heavy atom. The summed E-state index contributed by atoms with van der Waals surface area (Å²) in [4.78, 5) is 13.0. The lowest BCUT2D eigenvalue weighted by atomic mass is 9.87. The summed E-state index contributed by atoms with van der Waals surface area (Å²) in [5, 5.41) is 3.90. The van der Waals surface area contributed by atoms with Crippen LogP contribution >= 0.6 is 11.6 Å². The average Bonchev–Trinajstić information content (AvgIpc) is 2.57. The summed E-state index contributed by atoms with van der Waals surface area (Å²) in [5.74, 6) is 0.911. The van der Waals surface area contributed by atoms with Crippen LogP contribution in [-0.2, 0) is 4.79 Å². The molecule has 3 rings (SSSR count). The predicted molar refractivity (Wildman–Crippen MR) is 96.5 cm³/mol. The Morgan fingerprint density at radius 2 is 1.88 bits per heavy atom. The van der Waals surface area contributed by atoms with Gasteiger partial charge < -0.3 is 10.1 Å². The molecule has 1 heterocycles. The van der Waals surface area contributed by atoms with Crippen LogP contribution in [0.1, 0.15) is 43.4 Å². The first-order valence-electron chi connectivity index (χ1n) is 8.34. The number of benzene rings is 2. The van der Waals surface area contributed by atoms with Gasteiger partial charge in [0.2, 0.25) is 5.91 Å². The molecule has 1 aliphatic heterocycles. The van der Waals surface area contributed by atoms with Crippen LogP contribution in [0.3, 0.4) is 0 Å². The Bertz CT molecular complexity index is 712. The zero-order valence-corrected chi connectivity index (χ0v) is 14.7. The van der Waals surface area contributed by atoms with Gasteiger partial charge in [0.25, 0.3) is 0 Å². The van der Waals surface area contributed by atoms with Crippen LogP contribution in [0.2, 0.25) is 5.02 Å². The fraction of sp³-hybridized carbons (Fsp3) is 0.350. The Hall–Kier alpha value is -2.00. The van der Waals surface area contributed by atoms with Crippen molar-refractivity contribution in [2.45, 2.75) is 32.2 Å². The fourth-order valence-electron chi connectivity index (χ4n) is 3.26. The largest absolute Gasteiger partial charge is 0.493 e. The van der Waals surface area contributed by atoms with Crippen molar-refractivity contribution < 1.29 is 9.53 Å². The van der Waals surface area contributed by atoms with Crippen molar-refractivity contribution >= 4 is 17.5 Å². The maximum atomic E-state index is 13.0. The lowest BCUT2D eigenvalue weighted by Crippen LogP contribution is -2.37. The summed E-state index contributed by atoms with van der Waals surface area (Å²) >= 11 is 5.97. The second kappa shape index (κ2) is 7.27. The number of ether oxygens (including phenoxy) is 1. The molecule has 0 aliphatic carbocycles. The molecule has 2 atom stereocenters. The molecule has 0 saturated heterocycles. The number of amides is 1. The van der Waals surface area contributed by atoms with E-state index in [9.17, 15) is 4.79 Å². The standard InChI is InChI=1S/C20H22ClNO2/c1-13(2)19(14-7-9-15(21)10-8-14)20(23)22-17-11-12-24-18-6-4-3-5-16(17)18/h3-10,13,17,19H,11-12H2,1-2H3,(H,22,23)/t17-,19+/m1/s1. The molecule has 2 aromatic rings. The van der Waals surface area contributed by atoms with Gasteiger partial charge in [-0.25, -0.2) is 0 Å². The molecular weight excluding hydrogens is 322 g/mol. The molecule has 0 aromatic heterocycles. The first-order chi connectivity index (χ1) is 11.6. The highest BCUT2D eigenvalue weighted by atomic mass is 35.5. The number of nitrogens with one attached hydrogen (secondary N) is 1. The fourth-order valence-corrected chi connectivity index (χ4v) is 3.39. The Balaban J connectivity index is 1.81. The molecule has 0 unspecified atom stereocenters. The van der Waals surface area contributed by atoms with Crippen molar-refractivity contribution in [2.75, 3.05) is 6.61 Å². The van der Waals surface area contributed by atoms with Crippen LogP contribution < -0.4 is 10.1 Å². The maximum absolute atomic E-state index is 13.0. The molecule has 0 spiro atoms. The van der Waals surface area contributed by atoms with E-state index in [1.165, 1.54) is 0 Å². The van der Waals surface area contributed by atoms with Crippen LogP contribution in [0.5, 0.6) is 5.75 Å². The quantitative estimate of drug-likeness (QED) is 0.872. The Morgan fingerprint density at radius 3 is 2.58 bits per heavy atom. The molecule has 1 aliphatic rings. The number of carbonyl (C=O) groups excluding carboxylic acids is 1. The van der Waals surface area contributed by atoms with Crippen LogP contribution in [0.25, 0.3) is 0 Å². The van der Waals surface area contributed by atoms with E-state index >= 15 is 0 Å². The number of fused-ring (bicyclic) bond motifs is 1. The average molecular weight is 344 g/mol. The topological polar surface area (TPSA) is 38.3 Å². The van der Waals surface area contributed by atoms with E-state index in [0.717, 1.165) is 23.3 Å². The SMILES string of the molecule is CC(C)[C@H](C(=O)N[C@@H]1CCOc2ccccc21)c1ccc(Cl)cc1. The second-order valence-electron chi connectivity index (χ2n) is 6.51. The van der Waals surface area contributed by atoms with Crippen LogP contribution in [0.4, 0.5) is 0 Å². The maximum Gasteiger partial charge on any atom is 0.228 e. The van der Waals surface area contributed by atoms with E-state index in [0.29, 0.717) is 11.6 Å². The van der Waals surface area contributed by atoms with Gasteiger partial charge in [0.1, 0.15) is 5.75 Å². The first kappa shape index (κ1) is 16.8. The molecule has 1 amide bonds. The van der Waals surface area contributed by atoms with Gasteiger partial charge in [-0.1, -0.05) is 55.8 Å². The highest BCUT2D eigenvalue weighted by Gasteiger charge is 2.29. The third-order valence-corrected chi connectivity index (χ3v) is 4.71. The third-order valence-electron chi connectivity index (χ3n) is 4.45. The van der Waals surface area contributed by atoms with E-state index < -0.39 is 0 Å². The smallest absolute Gasteiger partial charge is 0.228 e. The summed E-state index contributed by atoms with van der Waals surface area (Å²) in [7, 11) is 0. The molecule has 1 N–H and O–H groups in total. The number of rotatable bonds is 4. The van der Waals surface area contributed by atoms with E-state index in [1.807, 2.05) is 48.5 Å². The lowest BCUT2D eigenvalue weighted by Gasteiger charge is -2.29. The van der Waals surface area contributed by atoms with Gasteiger partial charge in [-0.2, -0.15) is 0 Å². The van der Waals surface area contributed by atoms with Gasteiger partial charge in [0, 0.05) is 17.0 Å². The molecule has 3 nitrogen and oxygen atoms in total. The van der Waals surface area contributed by atoms with Crippen LogP contribution in [0.15, 0.2) is 48.5 Å². The minimum atomic E-state index is -0.197. The zero-order chi connectivity index (χ0) is 17.1. The lowest BCUT2D eigenvalue weighted by molar-refractivity contribution is -0.124. The van der Waals surface area contributed by atoms with E-state index in [4.69, 9.17) is 16.3 Å². The highest BCUT2D eigenvalue weighted by molar-refractivity contribution is 6.30. The third kappa shape index (κ3) is 3.57. The Kier molecular flexibility index (Phi) is 5.10. The Labute approximate surface area is 148 Å². The number of carbonyl (C=O) groups is 1. The molecule has 24 heavy (non-hydrogen) atoms. The van der Waals surface area contributed by atoms with Gasteiger partial charge in [0.05, 0.1) is 18.6 Å². The van der Waals surface area contributed by atoms with Crippen molar-refractivity contribution in [2.24, 2.45) is 5.92 Å². The van der Waals surface area contributed by atoms with E-state index in [1.54, 1.807) is 0 Å². The molecule has 0 saturated carbocycles. The molecule has 4 heteroatoms. The summed E-state index contributed by atoms with van der Waals surface area (Å²) in [5.41, 5.74) is 2.04. The molecule has 0 fully saturated rings. The summed E-state index contributed by atoms with van der Waals surface area (Å²) in [6.45, 7) is 4.75. The molecule has 2 aromatic carbocycles. The minimum absolute atomic E-state index is 0.00370. The molecular formula is C20H22ClNO2. The monoisotopic (exact) mass is 343 g/mol. The number of para-hydroxylation sites is 1. The van der Waals surface area contributed by atoms with Gasteiger partial charge >= 0.3 is 0 Å². The van der Waals surface area contributed by atoms with Crippen molar-refractivity contribution in [3.63, 3.8) is 0 Å². The van der Waals surface area contributed by atoms with Crippen molar-refractivity contribution in [1.82, 2.24) is 5.32 Å². The minimum Gasteiger partial charge on any atom is -0.493 e. The number of halogens is 1. The molecule has 0 radical (unpaired) electrons. The first-order valence-corrected chi connectivity index (χ1v) is 8.71. The van der Waals surface area contributed by atoms with Gasteiger partial charge in [-0.05, 0) is 29.7 Å². The second-order valence-corrected chi connectivity index (χ2v) is 6.95. The normalized spacial score (nSPS) is 17.8. The van der Waals surface area contributed by atoms with Gasteiger partial charge in [-0.15, -0.1) is 0 Å². The van der Waals surface area contributed by atoms with Crippen molar-refractivity contribution in [3.8, 4) is 5.75 Å².